The second-order valence-electron chi connectivity index (χ2n) is 5.09. The van der Waals surface area contributed by atoms with Gasteiger partial charge in [-0.05, 0) is 24.1 Å². The Hall–Kier alpha value is -2.49. The van der Waals surface area contributed by atoms with Crippen molar-refractivity contribution >= 4 is 22.6 Å². The summed E-state index contributed by atoms with van der Waals surface area (Å²) in [6.07, 6.45) is 2.88. The predicted molar refractivity (Wildman–Crippen MR) is 83.4 cm³/mol. The number of para-hydroxylation sites is 1. The summed E-state index contributed by atoms with van der Waals surface area (Å²) in [4.78, 5) is 12.1. The molecule has 0 spiro atoms. The molecular weight excluding hydrogens is 264 g/mol. The lowest BCUT2D eigenvalue weighted by Gasteiger charge is -2.22. The summed E-state index contributed by atoms with van der Waals surface area (Å²) >= 11 is 0. The van der Waals surface area contributed by atoms with Crippen molar-refractivity contribution in [3.8, 4) is 0 Å². The molecule has 0 amide bonds. The third kappa shape index (κ3) is 2.03. The number of allylic oxidation sites excluding steroid dienone is 1. The van der Waals surface area contributed by atoms with Gasteiger partial charge in [0.25, 0.3) is 0 Å². The molecule has 4 heteroatoms. The molecule has 108 valence electrons. The number of nitrogens with two attached hydrogens (primary N) is 1. The first kappa shape index (κ1) is 13.5. The van der Waals surface area contributed by atoms with Gasteiger partial charge in [0.2, 0.25) is 0 Å². The van der Waals surface area contributed by atoms with Gasteiger partial charge in [0.05, 0.1) is 24.1 Å². The number of carbonyl (C=O) groups excluding carboxylic acids is 1. The van der Waals surface area contributed by atoms with E-state index in [2.05, 4.69) is 16.7 Å². The Morgan fingerprint density at radius 3 is 2.90 bits per heavy atom. The number of methoxy groups -OCH3 is 1. The van der Waals surface area contributed by atoms with Gasteiger partial charge in [0, 0.05) is 17.4 Å². The fourth-order valence-corrected chi connectivity index (χ4v) is 2.91. The summed E-state index contributed by atoms with van der Waals surface area (Å²) in [5.74, 6) is -0.372. The molecule has 0 unspecified atom stereocenters. The highest BCUT2D eigenvalue weighted by atomic mass is 16.5. The van der Waals surface area contributed by atoms with E-state index in [1.807, 2.05) is 31.2 Å². The van der Waals surface area contributed by atoms with Crippen molar-refractivity contribution in [2.45, 2.75) is 19.9 Å². The third-order valence-electron chi connectivity index (χ3n) is 3.85. The number of carbonyl (C=O) groups is 1. The first-order valence-corrected chi connectivity index (χ1v) is 7.03. The number of fused-ring (bicyclic) bond motifs is 3. The maximum atomic E-state index is 12.1. The molecule has 1 aromatic heterocycles. The molecule has 4 nitrogen and oxygen atoms in total. The average Bonchev–Trinajstić information content (AvgIpc) is 2.86. The quantitative estimate of drug-likeness (QED) is 0.862. The van der Waals surface area contributed by atoms with E-state index in [4.69, 9.17) is 10.5 Å². The van der Waals surface area contributed by atoms with Crippen LogP contribution in [-0.4, -0.2) is 17.6 Å². The second kappa shape index (κ2) is 5.13. The second-order valence-corrected chi connectivity index (χ2v) is 5.09. The third-order valence-corrected chi connectivity index (χ3v) is 3.85. The van der Waals surface area contributed by atoms with Gasteiger partial charge in [-0.1, -0.05) is 31.2 Å². The van der Waals surface area contributed by atoms with Crippen LogP contribution in [0.4, 0.5) is 0 Å². The highest BCUT2D eigenvalue weighted by Crippen LogP contribution is 2.33. The molecule has 1 aromatic carbocycles. The zero-order valence-corrected chi connectivity index (χ0v) is 12.2. The molecule has 0 radical (unpaired) electrons. The van der Waals surface area contributed by atoms with Crippen LogP contribution in [0.2, 0.25) is 0 Å². The zero-order valence-electron chi connectivity index (χ0n) is 12.2. The van der Waals surface area contributed by atoms with Gasteiger partial charge in [-0.15, -0.1) is 0 Å². The van der Waals surface area contributed by atoms with E-state index >= 15 is 0 Å². The lowest BCUT2D eigenvalue weighted by Crippen LogP contribution is -2.23. The van der Waals surface area contributed by atoms with E-state index in [9.17, 15) is 4.79 Å². The minimum atomic E-state index is -0.372. The number of nitrogens with zero attached hydrogens (tertiary/aromatic N) is 1. The summed E-state index contributed by atoms with van der Waals surface area (Å²) in [5.41, 5.74) is 10.2. The Morgan fingerprint density at radius 2 is 2.19 bits per heavy atom. The van der Waals surface area contributed by atoms with Crippen molar-refractivity contribution in [2.75, 3.05) is 7.11 Å². The SMILES string of the molecule is CC/C=C1/Cn2c(cc3ccccc32)C(N)=C1C(=O)OC. The van der Waals surface area contributed by atoms with Gasteiger partial charge >= 0.3 is 5.97 Å². The number of aromatic nitrogens is 1. The number of hydrogen-bond acceptors (Lipinski definition) is 3. The Kier molecular flexibility index (Phi) is 3.29. The van der Waals surface area contributed by atoms with E-state index in [0.717, 1.165) is 28.6 Å². The summed E-state index contributed by atoms with van der Waals surface area (Å²) in [6, 6.07) is 10.1. The van der Waals surface area contributed by atoms with E-state index in [-0.39, 0.29) is 5.97 Å². The normalized spacial score (nSPS) is 16.4. The molecule has 2 heterocycles. The number of ether oxygens (including phenoxy) is 1. The maximum absolute atomic E-state index is 12.1. The molecule has 2 N–H and O–H groups in total. The molecule has 1 aliphatic heterocycles. The molecule has 1 aliphatic rings. The van der Waals surface area contributed by atoms with Crippen LogP contribution >= 0.6 is 0 Å². The van der Waals surface area contributed by atoms with E-state index in [0.29, 0.717) is 17.8 Å². The number of rotatable bonds is 2. The average molecular weight is 282 g/mol. The van der Waals surface area contributed by atoms with Crippen molar-refractivity contribution in [3.63, 3.8) is 0 Å². The fourth-order valence-electron chi connectivity index (χ4n) is 2.91. The van der Waals surface area contributed by atoms with Crippen LogP contribution in [0.1, 0.15) is 19.0 Å². The van der Waals surface area contributed by atoms with Crippen molar-refractivity contribution in [1.29, 1.82) is 0 Å². The number of hydrogen-bond donors (Lipinski definition) is 1. The van der Waals surface area contributed by atoms with Crippen LogP contribution in [-0.2, 0) is 16.1 Å². The molecule has 0 fully saturated rings. The highest BCUT2D eigenvalue weighted by molar-refractivity contribution is 6.03. The minimum absolute atomic E-state index is 0.372. The van der Waals surface area contributed by atoms with E-state index < -0.39 is 0 Å². The molecule has 0 aliphatic carbocycles. The first-order chi connectivity index (χ1) is 10.2. The molecular formula is C17H18N2O2. The Balaban J connectivity index is 2.29. The van der Waals surface area contributed by atoms with Crippen molar-refractivity contribution < 1.29 is 9.53 Å². The molecule has 0 bridgehead atoms. The Morgan fingerprint density at radius 1 is 1.43 bits per heavy atom. The minimum Gasteiger partial charge on any atom is -0.465 e. The lowest BCUT2D eigenvalue weighted by molar-refractivity contribution is -0.135. The first-order valence-electron chi connectivity index (χ1n) is 7.03. The lowest BCUT2D eigenvalue weighted by atomic mass is 9.98. The molecule has 0 atom stereocenters. The number of benzene rings is 1. The van der Waals surface area contributed by atoms with Gasteiger partial charge in [-0.25, -0.2) is 4.79 Å². The molecule has 2 aromatic rings. The topological polar surface area (TPSA) is 57.2 Å². The molecule has 3 rings (SSSR count). The van der Waals surface area contributed by atoms with Gasteiger partial charge in [-0.3, -0.25) is 0 Å². The van der Waals surface area contributed by atoms with Crippen LogP contribution in [0.25, 0.3) is 16.6 Å². The highest BCUT2D eigenvalue weighted by Gasteiger charge is 2.27. The largest absolute Gasteiger partial charge is 0.465 e. The monoisotopic (exact) mass is 282 g/mol. The van der Waals surface area contributed by atoms with Crippen molar-refractivity contribution in [3.05, 3.63) is 53.2 Å². The van der Waals surface area contributed by atoms with Crippen LogP contribution in [0, 0.1) is 0 Å². The van der Waals surface area contributed by atoms with Crippen LogP contribution in [0.5, 0.6) is 0 Å². The van der Waals surface area contributed by atoms with E-state index in [1.54, 1.807) is 0 Å². The van der Waals surface area contributed by atoms with Crippen molar-refractivity contribution in [1.82, 2.24) is 4.57 Å². The Labute approximate surface area is 123 Å². The van der Waals surface area contributed by atoms with Gasteiger partial charge in [-0.2, -0.15) is 0 Å². The summed E-state index contributed by atoms with van der Waals surface area (Å²) in [6.45, 7) is 2.68. The van der Waals surface area contributed by atoms with E-state index in [1.165, 1.54) is 7.11 Å². The summed E-state index contributed by atoms with van der Waals surface area (Å²) in [5, 5.41) is 1.12. The van der Waals surface area contributed by atoms with Gasteiger partial charge < -0.3 is 15.0 Å². The fraction of sp³-hybridized carbons (Fsp3) is 0.235. The summed E-state index contributed by atoms with van der Waals surface area (Å²) in [7, 11) is 1.39. The van der Waals surface area contributed by atoms with Crippen LogP contribution < -0.4 is 5.73 Å². The zero-order chi connectivity index (χ0) is 15.0. The van der Waals surface area contributed by atoms with Crippen LogP contribution in [0.15, 0.2) is 47.6 Å². The molecule has 21 heavy (non-hydrogen) atoms. The number of esters is 1. The summed E-state index contributed by atoms with van der Waals surface area (Å²) < 4.78 is 7.05. The smallest absolute Gasteiger partial charge is 0.340 e. The Bertz CT molecular complexity index is 781. The maximum Gasteiger partial charge on any atom is 0.340 e. The predicted octanol–water partition coefficient (Wildman–Crippen LogP) is 2.83. The molecule has 0 saturated carbocycles. The van der Waals surface area contributed by atoms with Gasteiger partial charge in [0.1, 0.15) is 0 Å². The molecule has 0 saturated heterocycles. The van der Waals surface area contributed by atoms with Crippen LogP contribution in [0.3, 0.4) is 0 Å². The standard InChI is InChI=1S/C17H18N2O2/c1-3-6-12-10-19-13-8-5-4-7-11(13)9-14(19)16(18)15(12)17(20)21-2/h4-9H,3,10,18H2,1-2H3/b12-6-. The van der Waals surface area contributed by atoms with Crippen molar-refractivity contribution in [2.24, 2.45) is 5.73 Å². The van der Waals surface area contributed by atoms with Gasteiger partial charge in [0.15, 0.2) is 0 Å².